The molecule has 0 fully saturated rings. The van der Waals surface area contributed by atoms with Gasteiger partial charge in [0, 0.05) is 18.4 Å². The minimum absolute atomic E-state index is 0.143. The van der Waals surface area contributed by atoms with Gasteiger partial charge in [-0.1, -0.05) is 116 Å². The lowest BCUT2D eigenvalue weighted by atomic mass is 9.90. The Bertz CT molecular complexity index is 548. The van der Waals surface area contributed by atoms with Crippen molar-refractivity contribution in [3.05, 3.63) is 0 Å². The van der Waals surface area contributed by atoms with E-state index in [0.717, 1.165) is 19.3 Å². The van der Waals surface area contributed by atoms with Crippen molar-refractivity contribution in [2.24, 2.45) is 0 Å². The van der Waals surface area contributed by atoms with Gasteiger partial charge in [-0.25, -0.2) is 4.79 Å². The predicted molar refractivity (Wildman–Crippen MR) is 145 cm³/mol. The maximum atomic E-state index is 12.1. The van der Waals surface area contributed by atoms with Crippen molar-refractivity contribution < 1.29 is 29.3 Å². The molecule has 0 rings (SSSR count). The van der Waals surface area contributed by atoms with Crippen LogP contribution in [0.3, 0.4) is 0 Å². The lowest BCUT2D eigenvalue weighted by molar-refractivity contribution is -0.137. The molecule has 0 bridgehead atoms. The molecule has 1 amide bonds. The number of aliphatic carboxylic acids is 2. The number of carboxylic acids is 2. The highest BCUT2D eigenvalue weighted by atomic mass is 16.5. The summed E-state index contributed by atoms with van der Waals surface area (Å²) in [5.74, 6) is -1.96. The number of amides is 1. The van der Waals surface area contributed by atoms with E-state index in [2.05, 4.69) is 12.2 Å². The molecule has 7 heteroatoms. The van der Waals surface area contributed by atoms with Crippen molar-refractivity contribution in [2.75, 3.05) is 6.61 Å². The molecule has 0 saturated heterocycles. The molecular formula is C29H55NO6. The highest BCUT2D eigenvalue weighted by molar-refractivity contribution is 5.70. The molecule has 0 atom stereocenters. The standard InChI is InChI=1S/C29H55NO6/c1-3-4-5-6-7-8-9-10-11-12-13-14-15-16-17-18-19-20-25-36-28(35)30-29(2,23-21-26(31)32)24-22-27(33)34/h3-25H2,1-2H3,(H,30,35)(H,31,32)(H,33,34). The quantitative estimate of drug-likeness (QED) is 0.100. The summed E-state index contributed by atoms with van der Waals surface area (Å²) in [6, 6.07) is 0. The molecule has 0 spiro atoms. The Morgan fingerprint density at radius 3 is 1.28 bits per heavy atom. The van der Waals surface area contributed by atoms with E-state index < -0.39 is 23.6 Å². The smallest absolute Gasteiger partial charge is 0.407 e. The SMILES string of the molecule is CCCCCCCCCCCCCCCCCCCCOC(=O)NC(C)(CCC(=O)O)CCC(=O)O. The molecule has 0 saturated carbocycles. The Morgan fingerprint density at radius 2 is 0.944 bits per heavy atom. The van der Waals surface area contributed by atoms with E-state index in [9.17, 15) is 14.4 Å². The normalized spacial score (nSPS) is 11.4. The first-order chi connectivity index (χ1) is 17.3. The number of nitrogens with one attached hydrogen (secondary N) is 1. The van der Waals surface area contributed by atoms with Gasteiger partial charge in [0.15, 0.2) is 0 Å². The van der Waals surface area contributed by atoms with Gasteiger partial charge in [0.05, 0.1) is 6.61 Å². The van der Waals surface area contributed by atoms with Crippen LogP contribution in [0.2, 0.25) is 0 Å². The Morgan fingerprint density at radius 1 is 0.611 bits per heavy atom. The number of carboxylic acid groups (broad SMARTS) is 2. The van der Waals surface area contributed by atoms with Gasteiger partial charge in [-0.3, -0.25) is 9.59 Å². The first-order valence-electron chi connectivity index (χ1n) is 14.7. The number of carbonyl (C=O) groups excluding carboxylic acids is 1. The number of rotatable bonds is 26. The molecule has 36 heavy (non-hydrogen) atoms. The van der Waals surface area contributed by atoms with Gasteiger partial charge in [0.1, 0.15) is 0 Å². The second kappa shape index (κ2) is 23.6. The maximum Gasteiger partial charge on any atom is 0.407 e. The van der Waals surface area contributed by atoms with Crippen molar-refractivity contribution in [3.8, 4) is 0 Å². The summed E-state index contributed by atoms with van der Waals surface area (Å²) in [7, 11) is 0. The van der Waals surface area contributed by atoms with Crippen LogP contribution in [0.4, 0.5) is 4.79 Å². The number of alkyl carbamates (subject to hydrolysis) is 1. The molecule has 0 unspecified atom stereocenters. The average molecular weight is 514 g/mol. The predicted octanol–water partition coefficient (Wildman–Crippen LogP) is 8.24. The number of carbonyl (C=O) groups is 3. The lowest BCUT2D eigenvalue weighted by Gasteiger charge is -2.29. The van der Waals surface area contributed by atoms with Gasteiger partial charge in [0.25, 0.3) is 0 Å². The van der Waals surface area contributed by atoms with Crippen molar-refractivity contribution in [1.82, 2.24) is 5.32 Å². The first kappa shape index (κ1) is 34.2. The van der Waals surface area contributed by atoms with Crippen LogP contribution in [0.1, 0.15) is 155 Å². The summed E-state index contributed by atoms with van der Waals surface area (Å²) in [4.78, 5) is 33.8. The van der Waals surface area contributed by atoms with Gasteiger partial charge in [-0.15, -0.1) is 0 Å². The third-order valence-corrected chi connectivity index (χ3v) is 6.92. The summed E-state index contributed by atoms with van der Waals surface area (Å²) >= 11 is 0. The number of hydrogen-bond donors (Lipinski definition) is 3. The van der Waals surface area contributed by atoms with Crippen LogP contribution < -0.4 is 5.32 Å². The van der Waals surface area contributed by atoms with Crippen LogP contribution in [0.25, 0.3) is 0 Å². The molecule has 0 radical (unpaired) electrons. The van der Waals surface area contributed by atoms with Gasteiger partial charge in [0.2, 0.25) is 0 Å². The molecule has 0 aromatic carbocycles. The topological polar surface area (TPSA) is 113 Å². The highest BCUT2D eigenvalue weighted by Crippen LogP contribution is 2.20. The molecule has 212 valence electrons. The molecule has 0 heterocycles. The molecule has 0 aliphatic carbocycles. The van der Waals surface area contributed by atoms with Crippen LogP contribution in [-0.2, 0) is 14.3 Å². The zero-order chi connectivity index (χ0) is 26.9. The van der Waals surface area contributed by atoms with Crippen LogP contribution in [0, 0.1) is 0 Å². The Labute approximate surface area is 220 Å². The van der Waals surface area contributed by atoms with Crippen molar-refractivity contribution in [3.63, 3.8) is 0 Å². The summed E-state index contributed by atoms with van der Waals surface area (Å²) in [6.45, 7) is 4.25. The molecule has 0 aliphatic rings. The van der Waals surface area contributed by atoms with E-state index >= 15 is 0 Å². The van der Waals surface area contributed by atoms with E-state index in [1.54, 1.807) is 6.92 Å². The minimum atomic E-state index is -0.981. The zero-order valence-electron chi connectivity index (χ0n) is 23.3. The first-order valence-corrected chi connectivity index (χ1v) is 14.7. The minimum Gasteiger partial charge on any atom is -0.481 e. The summed E-state index contributed by atoms with van der Waals surface area (Å²) < 4.78 is 5.24. The largest absolute Gasteiger partial charge is 0.481 e. The van der Waals surface area contributed by atoms with Gasteiger partial charge < -0.3 is 20.3 Å². The van der Waals surface area contributed by atoms with Crippen LogP contribution >= 0.6 is 0 Å². The zero-order valence-corrected chi connectivity index (χ0v) is 23.3. The fraction of sp³-hybridized carbons (Fsp3) is 0.897. The Hall–Kier alpha value is -1.79. The van der Waals surface area contributed by atoms with E-state index in [1.807, 2.05) is 0 Å². The van der Waals surface area contributed by atoms with Gasteiger partial charge in [-0.05, 0) is 26.2 Å². The number of unbranched alkanes of at least 4 members (excludes halogenated alkanes) is 17. The molecule has 7 nitrogen and oxygen atoms in total. The monoisotopic (exact) mass is 513 g/mol. The summed E-state index contributed by atoms with van der Waals surface area (Å²) in [5, 5.41) is 20.5. The fourth-order valence-electron chi connectivity index (χ4n) is 4.47. The van der Waals surface area contributed by atoms with Gasteiger partial charge in [-0.2, -0.15) is 0 Å². The molecule has 0 aromatic rings. The molecule has 3 N–H and O–H groups in total. The summed E-state index contributed by atoms with van der Waals surface area (Å²) in [5.41, 5.74) is -0.915. The second-order valence-electron chi connectivity index (χ2n) is 10.6. The number of ether oxygens (including phenoxy) is 1. The third kappa shape index (κ3) is 23.9. The maximum absolute atomic E-state index is 12.1. The summed E-state index contributed by atoms with van der Waals surface area (Å²) in [6.07, 6.45) is 22.8. The third-order valence-electron chi connectivity index (χ3n) is 6.92. The van der Waals surface area contributed by atoms with E-state index in [4.69, 9.17) is 14.9 Å². The lowest BCUT2D eigenvalue weighted by Crippen LogP contribution is -2.47. The van der Waals surface area contributed by atoms with Gasteiger partial charge >= 0.3 is 18.0 Å². The second-order valence-corrected chi connectivity index (χ2v) is 10.6. The van der Waals surface area contributed by atoms with Crippen molar-refractivity contribution in [1.29, 1.82) is 0 Å². The highest BCUT2D eigenvalue weighted by Gasteiger charge is 2.28. The molecule has 0 aliphatic heterocycles. The fourth-order valence-corrected chi connectivity index (χ4v) is 4.47. The van der Waals surface area contributed by atoms with Crippen molar-refractivity contribution in [2.45, 2.75) is 161 Å². The molecular weight excluding hydrogens is 458 g/mol. The van der Waals surface area contributed by atoms with Crippen molar-refractivity contribution >= 4 is 18.0 Å². The number of hydrogen-bond acceptors (Lipinski definition) is 4. The Kier molecular flexibility index (Phi) is 22.4. The van der Waals surface area contributed by atoms with Crippen LogP contribution in [0.15, 0.2) is 0 Å². The van der Waals surface area contributed by atoms with E-state index in [1.165, 1.54) is 96.3 Å². The van der Waals surface area contributed by atoms with Crippen LogP contribution in [-0.4, -0.2) is 40.4 Å². The van der Waals surface area contributed by atoms with Crippen LogP contribution in [0.5, 0.6) is 0 Å². The Balaban J connectivity index is 3.59. The molecule has 0 aromatic heterocycles. The van der Waals surface area contributed by atoms with E-state index in [-0.39, 0.29) is 25.7 Å². The van der Waals surface area contributed by atoms with E-state index in [0.29, 0.717) is 6.61 Å². The average Bonchev–Trinajstić information content (AvgIpc) is 2.83.